The number of halogens is 1. The van der Waals surface area contributed by atoms with Crippen molar-refractivity contribution in [3.05, 3.63) is 0 Å². The summed E-state index contributed by atoms with van der Waals surface area (Å²) in [4.78, 5) is 11.6. The fourth-order valence-electron chi connectivity index (χ4n) is 1.75. The lowest BCUT2D eigenvalue weighted by molar-refractivity contribution is -0.121. The zero-order valence-electron chi connectivity index (χ0n) is 11.7. The zero-order chi connectivity index (χ0) is 13.1. The molecule has 0 bridgehead atoms. The number of rotatable bonds is 10. The predicted octanol–water partition coefficient (Wildman–Crippen LogP) is 4.27. The average molecular weight is 306 g/mol. The first-order valence-corrected chi connectivity index (χ1v) is 7.96. The number of hydrogen-bond donors (Lipinski definition) is 1. The lowest BCUT2D eigenvalue weighted by Gasteiger charge is -2.25. The van der Waals surface area contributed by atoms with E-state index in [1.807, 2.05) is 0 Å². The molecule has 0 aliphatic heterocycles. The molecule has 17 heavy (non-hydrogen) atoms. The van der Waals surface area contributed by atoms with Crippen molar-refractivity contribution in [3.8, 4) is 0 Å². The lowest BCUT2D eigenvalue weighted by Crippen LogP contribution is -2.33. The molecule has 3 heteroatoms. The highest BCUT2D eigenvalue weighted by atomic mass is 79.9. The number of unbranched alkanes of at least 4 members (excludes halogenated alkanes) is 3. The molecular formula is C14H28BrNO. The molecule has 1 N–H and O–H groups in total. The van der Waals surface area contributed by atoms with Gasteiger partial charge >= 0.3 is 0 Å². The molecule has 0 aliphatic rings. The Morgan fingerprint density at radius 2 is 1.88 bits per heavy atom. The summed E-state index contributed by atoms with van der Waals surface area (Å²) in [5.41, 5.74) is 0.236. The summed E-state index contributed by atoms with van der Waals surface area (Å²) in [7, 11) is 0. The van der Waals surface area contributed by atoms with Crippen molar-refractivity contribution in [2.75, 3.05) is 11.9 Å². The van der Waals surface area contributed by atoms with Crippen molar-refractivity contribution in [1.82, 2.24) is 5.32 Å². The minimum Gasteiger partial charge on any atom is -0.356 e. The van der Waals surface area contributed by atoms with Crippen LogP contribution in [0.25, 0.3) is 0 Å². The number of carbonyl (C=O) groups excluding carboxylic acids is 1. The normalized spacial score (nSPS) is 11.5. The largest absolute Gasteiger partial charge is 0.356 e. The van der Waals surface area contributed by atoms with Gasteiger partial charge in [0.05, 0.1) is 0 Å². The van der Waals surface area contributed by atoms with Crippen molar-refractivity contribution in [1.29, 1.82) is 0 Å². The quantitative estimate of drug-likeness (QED) is 0.474. The second-order valence-corrected chi connectivity index (χ2v) is 6.34. The molecule has 102 valence electrons. The fraction of sp³-hybridized carbons (Fsp3) is 0.929. The van der Waals surface area contributed by atoms with Gasteiger partial charge in [-0.2, -0.15) is 0 Å². The van der Waals surface area contributed by atoms with E-state index in [-0.39, 0.29) is 11.3 Å². The van der Waals surface area contributed by atoms with Crippen LogP contribution in [-0.4, -0.2) is 17.8 Å². The van der Waals surface area contributed by atoms with E-state index < -0.39 is 0 Å². The summed E-state index contributed by atoms with van der Waals surface area (Å²) in [5, 5.41) is 4.04. The van der Waals surface area contributed by atoms with Gasteiger partial charge in [-0.25, -0.2) is 0 Å². The van der Waals surface area contributed by atoms with Gasteiger partial charge in [-0.1, -0.05) is 56.0 Å². The molecule has 0 atom stereocenters. The summed E-state index contributed by atoms with van der Waals surface area (Å²) in [6.07, 6.45) is 7.74. The third-order valence-electron chi connectivity index (χ3n) is 3.01. The van der Waals surface area contributed by atoms with Crippen molar-refractivity contribution in [2.24, 2.45) is 5.41 Å². The third-order valence-corrected chi connectivity index (χ3v) is 3.57. The van der Waals surface area contributed by atoms with Crippen LogP contribution in [-0.2, 0) is 4.79 Å². The van der Waals surface area contributed by atoms with Crippen LogP contribution in [0.1, 0.15) is 65.7 Å². The van der Waals surface area contributed by atoms with Gasteiger partial charge in [0, 0.05) is 18.3 Å². The molecule has 0 aromatic rings. The molecule has 0 rings (SSSR count). The number of amides is 1. The first-order valence-electron chi connectivity index (χ1n) is 6.84. The molecule has 0 aromatic carbocycles. The van der Waals surface area contributed by atoms with Crippen molar-refractivity contribution in [3.63, 3.8) is 0 Å². The molecule has 0 saturated heterocycles. The smallest absolute Gasteiger partial charge is 0.220 e. The first kappa shape index (κ1) is 16.9. The minimum atomic E-state index is 0.203. The highest BCUT2D eigenvalue weighted by molar-refractivity contribution is 9.09. The third kappa shape index (κ3) is 10.8. The molecule has 0 fully saturated rings. The van der Waals surface area contributed by atoms with Gasteiger partial charge in [-0.05, 0) is 24.7 Å². The molecular weight excluding hydrogens is 278 g/mol. The molecule has 0 heterocycles. The molecule has 0 radical (unpaired) electrons. The molecule has 2 nitrogen and oxygen atoms in total. The molecule has 0 spiro atoms. The van der Waals surface area contributed by atoms with Crippen LogP contribution < -0.4 is 5.32 Å². The SMILES string of the molecule is CCCCCC(C)(C)CNC(=O)CCCCBr. The van der Waals surface area contributed by atoms with Crippen LogP contribution in [0.5, 0.6) is 0 Å². The van der Waals surface area contributed by atoms with Crippen molar-refractivity contribution < 1.29 is 4.79 Å². The zero-order valence-corrected chi connectivity index (χ0v) is 13.2. The Kier molecular flexibility index (Phi) is 9.90. The van der Waals surface area contributed by atoms with E-state index in [4.69, 9.17) is 0 Å². The van der Waals surface area contributed by atoms with Crippen LogP contribution in [0.15, 0.2) is 0 Å². The van der Waals surface area contributed by atoms with Crippen LogP contribution in [0.4, 0.5) is 0 Å². The Hall–Kier alpha value is -0.0500. The number of nitrogens with one attached hydrogen (secondary N) is 1. The highest BCUT2D eigenvalue weighted by Crippen LogP contribution is 2.22. The maximum atomic E-state index is 11.6. The maximum Gasteiger partial charge on any atom is 0.220 e. The van der Waals surface area contributed by atoms with E-state index in [1.54, 1.807) is 0 Å². The Morgan fingerprint density at radius 3 is 2.47 bits per heavy atom. The van der Waals surface area contributed by atoms with Gasteiger partial charge in [-0.15, -0.1) is 0 Å². The molecule has 0 unspecified atom stereocenters. The Morgan fingerprint density at radius 1 is 1.18 bits per heavy atom. The predicted molar refractivity (Wildman–Crippen MR) is 78.6 cm³/mol. The molecule has 0 aromatic heterocycles. The standard InChI is InChI=1S/C14H28BrNO/c1-4-5-7-10-14(2,3)12-16-13(17)9-6-8-11-15/h4-12H2,1-3H3,(H,16,17). The summed E-state index contributed by atoms with van der Waals surface area (Å²) in [5.74, 6) is 0.203. The van der Waals surface area contributed by atoms with Crippen LogP contribution >= 0.6 is 15.9 Å². The summed E-state index contributed by atoms with van der Waals surface area (Å²) in [6, 6.07) is 0. The molecule has 1 amide bonds. The minimum absolute atomic E-state index is 0.203. The van der Waals surface area contributed by atoms with Crippen molar-refractivity contribution >= 4 is 21.8 Å². The Labute approximate surface area is 115 Å². The van der Waals surface area contributed by atoms with Crippen LogP contribution in [0, 0.1) is 5.41 Å². The topological polar surface area (TPSA) is 29.1 Å². The van der Waals surface area contributed by atoms with E-state index in [2.05, 4.69) is 42.0 Å². The highest BCUT2D eigenvalue weighted by Gasteiger charge is 2.17. The van der Waals surface area contributed by atoms with Crippen LogP contribution in [0.2, 0.25) is 0 Å². The molecule has 0 aliphatic carbocycles. The van der Waals surface area contributed by atoms with Crippen LogP contribution in [0.3, 0.4) is 0 Å². The van der Waals surface area contributed by atoms with Gasteiger partial charge in [0.2, 0.25) is 5.91 Å². The monoisotopic (exact) mass is 305 g/mol. The van der Waals surface area contributed by atoms with E-state index in [0.29, 0.717) is 6.42 Å². The second kappa shape index (κ2) is 9.93. The average Bonchev–Trinajstić information content (AvgIpc) is 2.27. The molecule has 0 saturated carbocycles. The maximum absolute atomic E-state index is 11.6. The van der Waals surface area contributed by atoms with E-state index in [0.717, 1.165) is 24.7 Å². The second-order valence-electron chi connectivity index (χ2n) is 5.54. The fourth-order valence-corrected chi connectivity index (χ4v) is 2.14. The van der Waals surface area contributed by atoms with Gasteiger partial charge in [0.25, 0.3) is 0 Å². The summed E-state index contributed by atoms with van der Waals surface area (Å²) >= 11 is 3.37. The Balaban J connectivity index is 3.65. The summed E-state index contributed by atoms with van der Waals surface area (Å²) in [6.45, 7) is 7.51. The van der Waals surface area contributed by atoms with Crippen molar-refractivity contribution in [2.45, 2.75) is 65.7 Å². The van der Waals surface area contributed by atoms with E-state index in [9.17, 15) is 4.79 Å². The van der Waals surface area contributed by atoms with E-state index >= 15 is 0 Å². The van der Waals surface area contributed by atoms with Gasteiger partial charge in [-0.3, -0.25) is 4.79 Å². The lowest BCUT2D eigenvalue weighted by atomic mass is 9.87. The first-order chi connectivity index (χ1) is 8.02. The summed E-state index contributed by atoms with van der Waals surface area (Å²) < 4.78 is 0. The van der Waals surface area contributed by atoms with Gasteiger partial charge < -0.3 is 5.32 Å². The number of alkyl halides is 1. The van der Waals surface area contributed by atoms with E-state index in [1.165, 1.54) is 25.7 Å². The Bertz CT molecular complexity index is 204. The van der Waals surface area contributed by atoms with Gasteiger partial charge in [0.1, 0.15) is 0 Å². The van der Waals surface area contributed by atoms with Gasteiger partial charge in [0.15, 0.2) is 0 Å². The number of hydrogen-bond acceptors (Lipinski definition) is 1. The number of carbonyl (C=O) groups is 1.